The van der Waals surface area contributed by atoms with Crippen molar-refractivity contribution in [1.82, 2.24) is 0 Å². The van der Waals surface area contributed by atoms with Crippen LogP contribution in [0.1, 0.15) is 31.1 Å². The highest BCUT2D eigenvalue weighted by atomic mass is 16.7. The summed E-state index contributed by atoms with van der Waals surface area (Å²) in [5, 5.41) is 32.6. The number of ether oxygens (including phenoxy) is 4. The Bertz CT molecular complexity index is 1520. The fourth-order valence-corrected chi connectivity index (χ4v) is 3.84. The molecule has 1 saturated heterocycles. The van der Waals surface area contributed by atoms with E-state index in [4.69, 9.17) is 18.9 Å². The van der Waals surface area contributed by atoms with Crippen molar-refractivity contribution in [3.63, 3.8) is 0 Å². The third kappa shape index (κ3) is 6.86. The van der Waals surface area contributed by atoms with Crippen molar-refractivity contribution in [1.29, 1.82) is 0 Å². The van der Waals surface area contributed by atoms with Gasteiger partial charge < -0.3 is 18.9 Å². The van der Waals surface area contributed by atoms with E-state index in [2.05, 4.69) is 0 Å². The Balaban J connectivity index is 1.49. The molecule has 16 nitrogen and oxygen atoms in total. The van der Waals surface area contributed by atoms with E-state index >= 15 is 0 Å². The summed E-state index contributed by atoms with van der Waals surface area (Å²) in [5.74, 6) is -2.71. The number of nitrogens with zero attached hydrogens (tertiary/aromatic N) is 3. The number of carbonyl (C=O) groups is 3. The lowest BCUT2D eigenvalue weighted by atomic mass is 10.1. The highest BCUT2D eigenvalue weighted by Crippen LogP contribution is 2.25. The van der Waals surface area contributed by atoms with Crippen molar-refractivity contribution in [2.75, 3.05) is 13.2 Å². The van der Waals surface area contributed by atoms with Crippen molar-refractivity contribution in [3.05, 3.63) is 120 Å². The average molecular weight is 581 g/mol. The first-order valence-electron chi connectivity index (χ1n) is 12.0. The molecule has 1 aliphatic rings. The molecule has 1 aliphatic heterocycles. The normalized spacial score (nSPS) is 17.6. The Hall–Kier alpha value is -5.77. The third-order valence-electron chi connectivity index (χ3n) is 6.03. The van der Waals surface area contributed by atoms with Gasteiger partial charge in [-0.2, -0.15) is 0 Å². The zero-order chi connectivity index (χ0) is 30.4. The largest absolute Gasteiger partial charge is 0.459 e. The third-order valence-corrected chi connectivity index (χ3v) is 6.03. The van der Waals surface area contributed by atoms with Crippen LogP contribution < -0.4 is 0 Å². The predicted octanol–water partition coefficient (Wildman–Crippen LogP) is 3.42. The van der Waals surface area contributed by atoms with Gasteiger partial charge in [-0.1, -0.05) is 0 Å². The van der Waals surface area contributed by atoms with Gasteiger partial charge in [0, 0.05) is 36.4 Å². The van der Waals surface area contributed by atoms with E-state index in [0.29, 0.717) is 0 Å². The molecule has 0 aliphatic carbocycles. The summed E-state index contributed by atoms with van der Waals surface area (Å²) in [7, 11) is 0. The Morgan fingerprint density at radius 3 is 1.43 bits per heavy atom. The highest BCUT2D eigenvalue weighted by Gasteiger charge is 2.44. The van der Waals surface area contributed by atoms with Crippen LogP contribution in [-0.2, 0) is 18.9 Å². The first-order chi connectivity index (χ1) is 20.0. The lowest BCUT2D eigenvalue weighted by molar-refractivity contribution is -0.385. The van der Waals surface area contributed by atoms with Gasteiger partial charge in [0.05, 0.1) is 38.1 Å². The van der Waals surface area contributed by atoms with Crippen LogP contribution in [0.5, 0.6) is 0 Å². The number of benzene rings is 3. The summed E-state index contributed by atoms with van der Waals surface area (Å²) in [5.41, 5.74) is -0.841. The van der Waals surface area contributed by atoms with Crippen LogP contribution in [0.4, 0.5) is 17.1 Å². The smallest absolute Gasteiger partial charge is 0.338 e. The number of carbonyl (C=O) groups excluding carboxylic acids is 3. The number of non-ortho nitro benzene ring substituents is 3. The molecule has 0 saturated carbocycles. The molecule has 0 spiro atoms. The van der Waals surface area contributed by atoms with Crippen molar-refractivity contribution in [3.8, 4) is 0 Å². The zero-order valence-corrected chi connectivity index (χ0v) is 21.2. The molecular formula is C26H19N3O13. The van der Waals surface area contributed by atoms with Crippen LogP contribution in [0.15, 0.2) is 72.8 Å². The van der Waals surface area contributed by atoms with Crippen LogP contribution in [0.3, 0.4) is 0 Å². The van der Waals surface area contributed by atoms with Gasteiger partial charge in [-0.25, -0.2) is 14.4 Å². The maximum absolute atomic E-state index is 12.9. The molecule has 0 amide bonds. The molecule has 3 aromatic carbocycles. The summed E-state index contributed by atoms with van der Waals surface area (Å²) in [6, 6.07) is 13.7. The zero-order valence-electron chi connectivity index (χ0n) is 21.2. The van der Waals surface area contributed by atoms with E-state index in [9.17, 15) is 44.7 Å². The Morgan fingerprint density at radius 2 is 1.02 bits per heavy atom. The van der Waals surface area contributed by atoms with Crippen molar-refractivity contribution in [2.24, 2.45) is 0 Å². The van der Waals surface area contributed by atoms with Crippen LogP contribution in [-0.4, -0.2) is 64.2 Å². The second kappa shape index (κ2) is 12.6. The number of rotatable bonds is 10. The van der Waals surface area contributed by atoms with Gasteiger partial charge >= 0.3 is 17.9 Å². The molecule has 0 radical (unpaired) electrons. The Labute approximate surface area is 234 Å². The van der Waals surface area contributed by atoms with Gasteiger partial charge in [-0.3, -0.25) is 30.3 Å². The number of hydrogen-bond donors (Lipinski definition) is 0. The molecule has 42 heavy (non-hydrogen) atoms. The first-order valence-corrected chi connectivity index (χ1v) is 12.0. The molecule has 1 fully saturated rings. The standard InChI is InChI=1S/C26H19N3O13/c30-24(15-1-7-18(8-2-15)27(33)34)40-13-21-23(42-26(32)17-5-11-20(12-6-17)29(37)38)22(14-39-21)41-25(31)16-3-9-19(10-4-16)28(35)36/h1-12,21-23H,13-14H2/t21-,22+,23-/m1/s1. The van der Waals surface area contributed by atoms with E-state index in [1.807, 2.05) is 0 Å². The minimum absolute atomic E-state index is 0.000768. The maximum Gasteiger partial charge on any atom is 0.338 e. The molecule has 0 aromatic heterocycles. The fraction of sp³-hybridized carbons (Fsp3) is 0.192. The minimum Gasteiger partial charge on any atom is -0.459 e. The summed E-state index contributed by atoms with van der Waals surface area (Å²) in [6.45, 7) is -0.754. The quantitative estimate of drug-likeness (QED) is 0.145. The molecule has 4 rings (SSSR count). The molecular weight excluding hydrogens is 562 g/mol. The monoisotopic (exact) mass is 581 g/mol. The minimum atomic E-state index is -1.31. The molecule has 0 N–H and O–H groups in total. The number of esters is 3. The van der Waals surface area contributed by atoms with Gasteiger partial charge in [0.15, 0.2) is 12.2 Å². The van der Waals surface area contributed by atoms with Gasteiger partial charge in [0.2, 0.25) is 0 Å². The number of nitro groups is 3. The van der Waals surface area contributed by atoms with E-state index in [-0.39, 0.29) is 40.4 Å². The van der Waals surface area contributed by atoms with E-state index in [0.717, 1.165) is 48.5 Å². The maximum atomic E-state index is 12.9. The summed E-state index contributed by atoms with van der Waals surface area (Å²) in [6.07, 6.45) is -3.62. The number of nitro benzene ring substituents is 3. The second-order valence-corrected chi connectivity index (χ2v) is 8.70. The molecule has 3 aromatic rings. The lowest BCUT2D eigenvalue weighted by Crippen LogP contribution is -2.40. The molecule has 1 heterocycles. The number of hydrogen-bond acceptors (Lipinski definition) is 13. The van der Waals surface area contributed by atoms with Crippen molar-refractivity contribution < 1.29 is 48.1 Å². The van der Waals surface area contributed by atoms with E-state index in [1.165, 1.54) is 24.3 Å². The molecule has 0 unspecified atom stereocenters. The molecule has 16 heteroatoms. The van der Waals surface area contributed by atoms with Crippen LogP contribution in [0, 0.1) is 30.3 Å². The Kier molecular flexibility index (Phi) is 8.77. The molecule has 0 bridgehead atoms. The van der Waals surface area contributed by atoms with E-state index < -0.39 is 57.6 Å². The molecule has 216 valence electrons. The topological polar surface area (TPSA) is 218 Å². The second-order valence-electron chi connectivity index (χ2n) is 8.70. The molecule has 3 atom stereocenters. The SMILES string of the molecule is O=C(OC[C@H]1OC[C@H](OC(=O)c2ccc([N+](=O)[O-])cc2)[C@@H]1OC(=O)c1ccc([N+](=O)[O-])cc1)c1ccc([N+](=O)[O-])cc1. The van der Waals surface area contributed by atoms with Gasteiger partial charge in [0.25, 0.3) is 17.1 Å². The van der Waals surface area contributed by atoms with Gasteiger partial charge in [-0.05, 0) is 36.4 Å². The van der Waals surface area contributed by atoms with Gasteiger partial charge in [0.1, 0.15) is 12.7 Å². The predicted molar refractivity (Wildman–Crippen MR) is 138 cm³/mol. The highest BCUT2D eigenvalue weighted by molar-refractivity contribution is 5.91. The van der Waals surface area contributed by atoms with E-state index in [1.54, 1.807) is 0 Å². The Morgan fingerprint density at radius 1 is 0.643 bits per heavy atom. The lowest BCUT2D eigenvalue weighted by Gasteiger charge is -2.23. The van der Waals surface area contributed by atoms with Crippen LogP contribution >= 0.6 is 0 Å². The van der Waals surface area contributed by atoms with Crippen LogP contribution in [0.25, 0.3) is 0 Å². The summed E-state index contributed by atoms with van der Waals surface area (Å²) >= 11 is 0. The van der Waals surface area contributed by atoms with Crippen molar-refractivity contribution >= 4 is 35.0 Å². The fourth-order valence-electron chi connectivity index (χ4n) is 3.84. The van der Waals surface area contributed by atoms with Gasteiger partial charge in [-0.15, -0.1) is 0 Å². The van der Waals surface area contributed by atoms with Crippen LogP contribution in [0.2, 0.25) is 0 Å². The summed E-state index contributed by atoms with van der Waals surface area (Å²) < 4.78 is 21.8. The summed E-state index contributed by atoms with van der Waals surface area (Å²) in [4.78, 5) is 68.8. The average Bonchev–Trinajstić information content (AvgIpc) is 3.36. The van der Waals surface area contributed by atoms with Crippen molar-refractivity contribution in [2.45, 2.75) is 18.3 Å². The first kappa shape index (κ1) is 29.2.